The third-order valence-corrected chi connectivity index (χ3v) is 7.06. The molecule has 0 saturated carbocycles. The molecule has 0 aliphatic heterocycles. The van der Waals surface area contributed by atoms with E-state index in [0.29, 0.717) is 6.61 Å². The Labute approximate surface area is 206 Å². The average molecular weight is 567 g/mol. The van der Waals surface area contributed by atoms with E-state index in [9.17, 15) is 0 Å². The monoisotopic (exact) mass is 565 g/mol. The first kappa shape index (κ1) is 21.1. The number of nitrogens with one attached hydrogen (secondary N) is 1. The maximum atomic E-state index is 6.16. The van der Waals surface area contributed by atoms with Crippen LogP contribution in [0.2, 0.25) is 0 Å². The third-order valence-electron chi connectivity index (χ3n) is 4.94. The summed E-state index contributed by atoms with van der Waals surface area (Å²) >= 11 is 8.84. The Morgan fingerprint density at radius 1 is 0.938 bits per heavy atom. The number of para-hydroxylation sites is 1. The SMILES string of the molecule is Brc1cc(/C=N/Nc2nc3ccccc3s2)cc(Br)c1OCc1cccc2ccccc12. The van der Waals surface area contributed by atoms with E-state index in [0.717, 1.165) is 41.2 Å². The van der Waals surface area contributed by atoms with E-state index in [1.807, 2.05) is 48.5 Å². The highest BCUT2D eigenvalue weighted by molar-refractivity contribution is 9.11. The summed E-state index contributed by atoms with van der Waals surface area (Å²) in [4.78, 5) is 4.52. The van der Waals surface area contributed by atoms with Gasteiger partial charge in [0.1, 0.15) is 12.4 Å². The summed E-state index contributed by atoms with van der Waals surface area (Å²) in [6, 6.07) is 26.6. The molecule has 0 aliphatic carbocycles. The second-order valence-corrected chi connectivity index (χ2v) is 9.84. The second-order valence-electron chi connectivity index (χ2n) is 7.10. The molecule has 0 aliphatic rings. The molecule has 0 spiro atoms. The Morgan fingerprint density at radius 3 is 2.53 bits per heavy atom. The van der Waals surface area contributed by atoms with Crippen molar-refractivity contribution in [3.05, 3.63) is 98.9 Å². The molecule has 0 unspecified atom stereocenters. The molecule has 5 rings (SSSR count). The summed E-state index contributed by atoms with van der Waals surface area (Å²) in [6.45, 7) is 0.477. The van der Waals surface area contributed by atoms with Crippen molar-refractivity contribution in [2.75, 3.05) is 5.43 Å². The summed E-state index contributed by atoms with van der Waals surface area (Å²) in [5.41, 5.74) is 6.05. The van der Waals surface area contributed by atoms with Crippen LogP contribution in [0.1, 0.15) is 11.1 Å². The molecule has 1 heterocycles. The number of hydrazone groups is 1. The highest BCUT2D eigenvalue weighted by Gasteiger charge is 2.10. The van der Waals surface area contributed by atoms with Gasteiger partial charge in [-0.05, 0) is 78.0 Å². The molecular formula is C25H17Br2N3OS. The van der Waals surface area contributed by atoms with Crippen molar-refractivity contribution in [1.82, 2.24) is 4.98 Å². The number of fused-ring (bicyclic) bond motifs is 2. The van der Waals surface area contributed by atoms with E-state index >= 15 is 0 Å². The molecule has 0 amide bonds. The number of thiazole rings is 1. The summed E-state index contributed by atoms with van der Waals surface area (Å²) in [5, 5.41) is 7.51. The number of aromatic nitrogens is 1. The lowest BCUT2D eigenvalue weighted by molar-refractivity contribution is 0.303. The van der Waals surface area contributed by atoms with E-state index in [1.54, 1.807) is 17.6 Å². The molecule has 0 radical (unpaired) electrons. The van der Waals surface area contributed by atoms with Gasteiger partial charge in [0.15, 0.2) is 0 Å². The standard InChI is InChI=1S/C25H17Br2N3OS/c26-20-12-16(14-28-30-25-29-22-10-3-4-11-23(22)32-25)13-21(27)24(20)31-15-18-8-5-7-17-6-1-2-9-19(17)18/h1-14H,15H2,(H,29,30)/b28-14+. The van der Waals surface area contributed by atoms with Crippen LogP contribution >= 0.6 is 43.2 Å². The van der Waals surface area contributed by atoms with Gasteiger partial charge in [-0.15, -0.1) is 0 Å². The number of hydrogen-bond acceptors (Lipinski definition) is 5. The third kappa shape index (κ3) is 4.55. The normalized spacial score (nSPS) is 11.4. The van der Waals surface area contributed by atoms with Crippen molar-refractivity contribution in [3.63, 3.8) is 0 Å². The van der Waals surface area contributed by atoms with Crippen LogP contribution in [0.25, 0.3) is 21.0 Å². The second kappa shape index (κ2) is 9.40. The fraction of sp³-hybridized carbons (Fsp3) is 0.0400. The van der Waals surface area contributed by atoms with Gasteiger partial charge in [-0.2, -0.15) is 5.10 Å². The van der Waals surface area contributed by atoms with Crippen LogP contribution in [0, 0.1) is 0 Å². The van der Waals surface area contributed by atoms with Crippen LogP contribution in [0.15, 0.2) is 92.9 Å². The number of rotatable bonds is 6. The molecule has 1 aromatic heterocycles. The minimum absolute atomic E-state index is 0.477. The molecule has 0 bridgehead atoms. The smallest absolute Gasteiger partial charge is 0.204 e. The zero-order valence-corrected chi connectivity index (χ0v) is 20.7. The van der Waals surface area contributed by atoms with Gasteiger partial charge in [-0.1, -0.05) is 65.9 Å². The number of benzene rings is 4. The predicted molar refractivity (Wildman–Crippen MR) is 141 cm³/mol. The molecule has 5 aromatic rings. The Morgan fingerprint density at radius 2 is 1.69 bits per heavy atom. The van der Waals surface area contributed by atoms with Gasteiger partial charge >= 0.3 is 0 Å². The van der Waals surface area contributed by atoms with Crippen LogP contribution < -0.4 is 10.2 Å². The Kier molecular flexibility index (Phi) is 6.21. The molecular weight excluding hydrogens is 550 g/mol. The molecule has 4 aromatic carbocycles. The maximum Gasteiger partial charge on any atom is 0.204 e. The summed E-state index contributed by atoms with van der Waals surface area (Å²) < 4.78 is 9.00. The Bertz CT molecular complexity index is 1390. The Hall–Kier alpha value is -2.74. The molecule has 7 heteroatoms. The van der Waals surface area contributed by atoms with Crippen LogP contribution in [0.5, 0.6) is 5.75 Å². The molecule has 0 saturated heterocycles. The topological polar surface area (TPSA) is 46.5 Å². The molecule has 1 N–H and O–H groups in total. The van der Waals surface area contributed by atoms with E-state index in [-0.39, 0.29) is 0 Å². The fourth-order valence-electron chi connectivity index (χ4n) is 3.44. The van der Waals surface area contributed by atoms with Gasteiger partial charge in [-0.25, -0.2) is 4.98 Å². The largest absolute Gasteiger partial charge is 0.487 e. The van der Waals surface area contributed by atoms with Gasteiger partial charge in [-0.3, -0.25) is 5.43 Å². The van der Waals surface area contributed by atoms with Crippen molar-refractivity contribution in [2.45, 2.75) is 6.61 Å². The summed E-state index contributed by atoms with van der Waals surface area (Å²) in [5.74, 6) is 0.759. The maximum absolute atomic E-state index is 6.16. The number of anilines is 1. The highest BCUT2D eigenvalue weighted by Crippen LogP contribution is 2.35. The van der Waals surface area contributed by atoms with E-state index in [4.69, 9.17) is 4.74 Å². The zero-order chi connectivity index (χ0) is 21.9. The van der Waals surface area contributed by atoms with E-state index in [1.165, 1.54) is 10.8 Å². The van der Waals surface area contributed by atoms with E-state index < -0.39 is 0 Å². The zero-order valence-electron chi connectivity index (χ0n) is 16.8. The summed E-state index contributed by atoms with van der Waals surface area (Å²) in [6.07, 6.45) is 1.76. The lowest BCUT2D eigenvalue weighted by atomic mass is 10.1. The van der Waals surface area contributed by atoms with Crippen molar-refractivity contribution in [3.8, 4) is 5.75 Å². The average Bonchev–Trinajstić information content (AvgIpc) is 3.21. The number of hydrogen-bond donors (Lipinski definition) is 1. The first-order chi connectivity index (χ1) is 15.7. The summed E-state index contributed by atoms with van der Waals surface area (Å²) in [7, 11) is 0. The van der Waals surface area contributed by atoms with Crippen LogP contribution in [-0.4, -0.2) is 11.2 Å². The van der Waals surface area contributed by atoms with Crippen molar-refractivity contribution < 1.29 is 4.74 Å². The fourth-order valence-corrected chi connectivity index (χ4v) is 5.71. The van der Waals surface area contributed by atoms with Crippen LogP contribution in [-0.2, 0) is 6.61 Å². The first-order valence-corrected chi connectivity index (χ1v) is 12.3. The van der Waals surface area contributed by atoms with Crippen LogP contribution in [0.3, 0.4) is 0 Å². The lowest BCUT2D eigenvalue weighted by Gasteiger charge is -2.13. The molecule has 32 heavy (non-hydrogen) atoms. The number of halogens is 2. The van der Waals surface area contributed by atoms with Crippen molar-refractivity contribution >= 4 is 75.5 Å². The lowest BCUT2D eigenvalue weighted by Crippen LogP contribution is -1.99. The highest BCUT2D eigenvalue weighted by atomic mass is 79.9. The number of ether oxygens (including phenoxy) is 1. The molecule has 4 nitrogen and oxygen atoms in total. The van der Waals surface area contributed by atoms with Crippen molar-refractivity contribution in [2.24, 2.45) is 5.10 Å². The van der Waals surface area contributed by atoms with Gasteiger partial charge in [0.05, 0.1) is 25.4 Å². The molecule has 0 atom stereocenters. The first-order valence-electron chi connectivity index (χ1n) is 9.90. The molecule has 158 valence electrons. The Balaban J connectivity index is 1.30. The minimum Gasteiger partial charge on any atom is -0.487 e. The molecule has 0 fully saturated rings. The van der Waals surface area contributed by atoms with Gasteiger partial charge in [0.25, 0.3) is 0 Å². The number of nitrogens with zero attached hydrogens (tertiary/aromatic N) is 2. The minimum atomic E-state index is 0.477. The quantitative estimate of drug-likeness (QED) is 0.167. The van der Waals surface area contributed by atoms with Gasteiger partial charge in [0, 0.05) is 0 Å². The van der Waals surface area contributed by atoms with E-state index in [2.05, 4.69) is 77.7 Å². The van der Waals surface area contributed by atoms with Crippen molar-refractivity contribution in [1.29, 1.82) is 0 Å². The van der Waals surface area contributed by atoms with Gasteiger partial charge < -0.3 is 4.74 Å². The van der Waals surface area contributed by atoms with Gasteiger partial charge in [0.2, 0.25) is 5.13 Å². The van der Waals surface area contributed by atoms with Crippen LogP contribution in [0.4, 0.5) is 5.13 Å². The predicted octanol–water partition coefficient (Wildman–Crippen LogP) is 8.00.